The molecule has 3 aromatic carbocycles. The third-order valence-electron chi connectivity index (χ3n) is 8.29. The molecule has 264 valence electrons. The molecule has 12 nitrogen and oxygen atoms in total. The molecule has 14 heteroatoms. The van der Waals surface area contributed by atoms with Gasteiger partial charge < -0.3 is 30.5 Å². The third-order valence-corrected chi connectivity index (χ3v) is 10.7. The van der Waals surface area contributed by atoms with E-state index in [1.807, 2.05) is 41.5 Å². The number of benzene rings is 3. The second-order valence-corrected chi connectivity index (χ2v) is 14.5. The number of sulfonamides is 1. The number of ether oxygens (including phenoxy) is 1. The van der Waals surface area contributed by atoms with E-state index in [0.29, 0.717) is 35.5 Å². The molecule has 0 saturated heterocycles. The summed E-state index contributed by atoms with van der Waals surface area (Å²) in [6.45, 7) is 3.37. The summed E-state index contributed by atoms with van der Waals surface area (Å²) in [5.41, 5.74) is 0.931. The van der Waals surface area contributed by atoms with Crippen molar-refractivity contribution in [2.45, 2.75) is 73.7 Å². The average molecular weight is 713 g/mol. The molecular formula is C35H44N4O8S2. The highest BCUT2D eigenvalue weighted by Crippen LogP contribution is 2.44. The van der Waals surface area contributed by atoms with Gasteiger partial charge in [0.05, 0.1) is 16.1 Å². The lowest BCUT2D eigenvalue weighted by Gasteiger charge is -2.37. The van der Waals surface area contributed by atoms with Crippen LogP contribution in [-0.4, -0.2) is 67.9 Å². The summed E-state index contributed by atoms with van der Waals surface area (Å²) in [4.78, 5) is 39.8. The maximum absolute atomic E-state index is 14.2. The Morgan fingerprint density at radius 1 is 1.02 bits per heavy atom. The van der Waals surface area contributed by atoms with Crippen LogP contribution in [0.5, 0.6) is 11.5 Å². The average Bonchev–Trinajstić information content (AvgIpc) is 3.18. The van der Waals surface area contributed by atoms with Crippen LogP contribution in [0.4, 0.5) is 11.4 Å². The maximum Gasteiger partial charge on any atom is 0.322 e. The molecule has 4 rings (SSSR count). The Hall–Kier alpha value is -4.27. The Kier molecular flexibility index (Phi) is 13.0. The number of nitrogens with zero attached hydrogens (tertiary/aromatic N) is 1. The zero-order valence-electron chi connectivity index (χ0n) is 27.9. The first-order chi connectivity index (χ1) is 23.4. The van der Waals surface area contributed by atoms with Crippen LogP contribution in [0.25, 0.3) is 0 Å². The predicted octanol–water partition coefficient (Wildman–Crippen LogP) is 5.10. The van der Waals surface area contributed by atoms with E-state index in [9.17, 15) is 27.9 Å². The van der Waals surface area contributed by atoms with Gasteiger partial charge in [0, 0.05) is 18.3 Å². The van der Waals surface area contributed by atoms with Crippen molar-refractivity contribution in [1.29, 1.82) is 0 Å². The molecule has 1 aliphatic heterocycles. The van der Waals surface area contributed by atoms with Crippen LogP contribution in [0, 0.1) is 0 Å². The Labute approximate surface area is 291 Å². The molecule has 2 amide bonds. The first kappa shape index (κ1) is 37.5. The fourth-order valence-electron chi connectivity index (χ4n) is 5.82. The maximum atomic E-state index is 14.2. The zero-order chi connectivity index (χ0) is 35.6. The second-order valence-electron chi connectivity index (χ2n) is 12.0. The number of unbranched alkanes of at least 4 members (excludes halogenated alkanes) is 2. The van der Waals surface area contributed by atoms with Crippen molar-refractivity contribution >= 4 is 50.9 Å². The second kappa shape index (κ2) is 16.9. The van der Waals surface area contributed by atoms with E-state index in [0.717, 1.165) is 31.4 Å². The van der Waals surface area contributed by atoms with Gasteiger partial charge in [-0.05, 0) is 55.0 Å². The van der Waals surface area contributed by atoms with Crippen LogP contribution in [-0.2, 0) is 24.4 Å². The summed E-state index contributed by atoms with van der Waals surface area (Å²) >= 11 is 1.34. The first-order valence-corrected chi connectivity index (χ1v) is 18.9. The van der Waals surface area contributed by atoms with Crippen LogP contribution in [0.2, 0.25) is 0 Å². The van der Waals surface area contributed by atoms with Gasteiger partial charge in [0.1, 0.15) is 29.0 Å². The molecule has 0 bridgehead atoms. The molecule has 1 unspecified atom stereocenters. The molecule has 3 aromatic rings. The quantitative estimate of drug-likeness (QED) is 0.126. The van der Waals surface area contributed by atoms with Crippen LogP contribution < -0.4 is 25.0 Å². The van der Waals surface area contributed by atoms with Crippen molar-refractivity contribution in [3.63, 3.8) is 0 Å². The van der Waals surface area contributed by atoms with Crippen LogP contribution in [0.3, 0.4) is 0 Å². The lowest BCUT2D eigenvalue weighted by Crippen LogP contribution is -2.53. The van der Waals surface area contributed by atoms with E-state index in [2.05, 4.69) is 29.2 Å². The number of hydrogen-bond acceptors (Lipinski definition) is 9. The van der Waals surface area contributed by atoms with E-state index in [1.165, 1.54) is 42.1 Å². The van der Waals surface area contributed by atoms with Gasteiger partial charge in [0.25, 0.3) is 5.91 Å². The molecule has 1 heterocycles. The molecule has 1 atom stereocenters. The number of thioether (sulfide) groups is 1. The molecule has 5 N–H and O–H groups in total. The highest BCUT2D eigenvalue weighted by atomic mass is 32.2. The van der Waals surface area contributed by atoms with Gasteiger partial charge in [0.15, 0.2) is 6.61 Å². The summed E-state index contributed by atoms with van der Waals surface area (Å²) < 4.78 is 37.5. The number of aliphatic carboxylic acids is 1. The van der Waals surface area contributed by atoms with Crippen molar-refractivity contribution in [2.75, 3.05) is 30.9 Å². The number of phenols is 1. The number of carbonyl (C=O) groups is 3. The van der Waals surface area contributed by atoms with Crippen molar-refractivity contribution in [2.24, 2.45) is 0 Å². The van der Waals surface area contributed by atoms with Gasteiger partial charge in [-0.15, -0.1) is 11.8 Å². The van der Waals surface area contributed by atoms with Gasteiger partial charge >= 0.3 is 5.97 Å². The zero-order valence-corrected chi connectivity index (χ0v) is 29.5. The number of carboxylic acid groups (broad SMARTS) is 1. The van der Waals surface area contributed by atoms with Gasteiger partial charge in [-0.3, -0.25) is 14.4 Å². The lowest BCUT2D eigenvalue weighted by atomic mass is 9.87. The number of aromatic hydroxyl groups is 1. The Morgan fingerprint density at radius 3 is 2.27 bits per heavy atom. The smallest absolute Gasteiger partial charge is 0.322 e. The molecule has 1 aliphatic rings. The van der Waals surface area contributed by atoms with Gasteiger partial charge in [-0.25, -0.2) is 13.1 Å². The predicted molar refractivity (Wildman–Crippen MR) is 189 cm³/mol. The summed E-state index contributed by atoms with van der Waals surface area (Å²) in [5, 5.41) is 23.5. The topological polar surface area (TPSA) is 174 Å². The number of anilines is 2. The number of nitrogens with one attached hydrogen (secondary N) is 3. The molecule has 0 aliphatic carbocycles. The van der Waals surface area contributed by atoms with Crippen LogP contribution in [0.1, 0.15) is 64.0 Å². The normalized spacial score (nSPS) is 15.4. The molecule has 49 heavy (non-hydrogen) atoms. The molecule has 0 saturated carbocycles. The van der Waals surface area contributed by atoms with E-state index in [4.69, 9.17) is 9.84 Å². The number of hydrogen-bond donors (Lipinski definition) is 5. The standard InChI is InChI=1S/C35H44N4O8S2/c1-4-6-17-35(18-7-5-2)23-39(25-11-9-8-10-12-25)27-19-29(48-3)28(20-30(27)49(45,46)38-35)47-22-31(41)37-33(34(44)36-21-32(42)43)24-13-15-26(40)16-14-24/h8-16,19-20,33,38,40H,4-7,17-18,21-23H2,1-3H3,(H,36,44)(H,37,41)(H,42,43). The molecule has 0 spiro atoms. The number of para-hydroxylation sites is 1. The Balaban J connectivity index is 1.68. The molecule has 0 aromatic heterocycles. The number of phenolic OH excluding ortho intramolecular Hbond substituents is 1. The number of rotatable bonds is 16. The summed E-state index contributed by atoms with van der Waals surface area (Å²) in [6, 6.07) is 17.1. The van der Waals surface area contributed by atoms with Gasteiger partial charge in [-0.1, -0.05) is 69.9 Å². The van der Waals surface area contributed by atoms with Crippen molar-refractivity contribution in [3.8, 4) is 11.5 Å². The summed E-state index contributed by atoms with van der Waals surface area (Å²) in [6.07, 6.45) is 6.70. The minimum atomic E-state index is -4.06. The molecule has 0 fully saturated rings. The lowest BCUT2D eigenvalue weighted by molar-refractivity contribution is -0.138. The fraction of sp³-hybridized carbons (Fsp3) is 0.400. The van der Waals surface area contributed by atoms with E-state index >= 15 is 0 Å². The van der Waals surface area contributed by atoms with Crippen molar-refractivity contribution < 1.29 is 37.8 Å². The van der Waals surface area contributed by atoms with Crippen molar-refractivity contribution in [1.82, 2.24) is 15.4 Å². The number of fused-ring (bicyclic) bond motifs is 1. The number of carbonyl (C=O) groups excluding carboxylic acids is 2. The van der Waals surface area contributed by atoms with Crippen molar-refractivity contribution in [3.05, 3.63) is 72.3 Å². The van der Waals surface area contributed by atoms with E-state index in [1.54, 1.807) is 6.07 Å². The highest BCUT2D eigenvalue weighted by molar-refractivity contribution is 7.98. The molecular weight excluding hydrogens is 669 g/mol. The van der Waals surface area contributed by atoms with Crippen LogP contribution >= 0.6 is 11.8 Å². The number of carboxylic acids is 1. The van der Waals surface area contributed by atoms with Gasteiger partial charge in [-0.2, -0.15) is 0 Å². The largest absolute Gasteiger partial charge is 0.508 e. The monoisotopic (exact) mass is 712 g/mol. The Bertz CT molecular complexity index is 1710. The van der Waals surface area contributed by atoms with Gasteiger partial charge in [0.2, 0.25) is 15.9 Å². The fourth-order valence-corrected chi connectivity index (χ4v) is 8.02. The summed E-state index contributed by atoms with van der Waals surface area (Å²) in [5.74, 6) is -2.63. The minimum absolute atomic E-state index is 0.0226. The van der Waals surface area contributed by atoms with E-state index in [-0.39, 0.29) is 16.4 Å². The SMILES string of the molecule is CCCCC1(CCCC)CN(c2ccccc2)c2cc(SC)c(OCC(=O)NC(C(=O)NCC(=O)O)c3ccc(O)cc3)cc2S(=O)(=O)N1. The summed E-state index contributed by atoms with van der Waals surface area (Å²) in [7, 11) is -4.06. The Morgan fingerprint density at radius 2 is 1.67 bits per heavy atom. The van der Waals surface area contributed by atoms with Crippen LogP contribution in [0.15, 0.2) is 76.5 Å². The highest BCUT2D eigenvalue weighted by Gasteiger charge is 2.42. The number of amides is 2. The minimum Gasteiger partial charge on any atom is -0.508 e. The first-order valence-electron chi connectivity index (χ1n) is 16.2. The molecule has 0 radical (unpaired) electrons. The van der Waals surface area contributed by atoms with E-state index < -0.39 is 52.5 Å². The third kappa shape index (κ3) is 9.67.